The number of rotatable bonds is 3. The molecule has 4 nitrogen and oxygen atoms in total. The molecule has 0 saturated carbocycles. The standard InChI is InChI=1S/C14H18N4S/c1-10-12-4-7-19-13(12)3-6-18(10)9-11-2-5-16-14(8-11)17-15/h2,4-5,7-8,10H,3,6,9,15H2,1H3,(H,16,17). The maximum atomic E-state index is 5.40. The molecule has 3 N–H and O–H groups in total. The van der Waals surface area contributed by atoms with Crippen molar-refractivity contribution in [3.63, 3.8) is 0 Å². The van der Waals surface area contributed by atoms with E-state index in [1.54, 1.807) is 11.1 Å². The van der Waals surface area contributed by atoms with Crippen LogP contribution >= 0.6 is 11.3 Å². The maximum absolute atomic E-state index is 5.40. The molecule has 0 bridgehead atoms. The van der Waals surface area contributed by atoms with E-state index in [2.05, 4.69) is 39.7 Å². The Kier molecular flexibility index (Phi) is 3.50. The van der Waals surface area contributed by atoms with Gasteiger partial charge < -0.3 is 5.43 Å². The van der Waals surface area contributed by atoms with Crippen molar-refractivity contribution in [1.29, 1.82) is 0 Å². The van der Waals surface area contributed by atoms with Crippen molar-refractivity contribution in [1.82, 2.24) is 9.88 Å². The van der Waals surface area contributed by atoms with E-state index in [1.165, 1.54) is 11.1 Å². The third-order valence-electron chi connectivity index (χ3n) is 3.76. The number of aromatic nitrogens is 1. The highest BCUT2D eigenvalue weighted by molar-refractivity contribution is 7.10. The van der Waals surface area contributed by atoms with Crippen LogP contribution in [0.15, 0.2) is 29.8 Å². The van der Waals surface area contributed by atoms with Gasteiger partial charge in [0.25, 0.3) is 0 Å². The van der Waals surface area contributed by atoms with Crippen molar-refractivity contribution in [3.8, 4) is 0 Å². The lowest BCUT2D eigenvalue weighted by atomic mass is 10.0. The van der Waals surface area contributed by atoms with Gasteiger partial charge in [-0.1, -0.05) is 0 Å². The lowest BCUT2D eigenvalue weighted by Crippen LogP contribution is -2.32. The van der Waals surface area contributed by atoms with Crippen LogP contribution in [0.2, 0.25) is 0 Å². The molecule has 1 atom stereocenters. The topological polar surface area (TPSA) is 54.2 Å². The molecule has 2 aromatic rings. The predicted molar refractivity (Wildman–Crippen MR) is 78.9 cm³/mol. The lowest BCUT2D eigenvalue weighted by molar-refractivity contribution is 0.191. The molecule has 0 saturated heterocycles. The number of pyridine rings is 1. The Morgan fingerprint density at radius 1 is 1.53 bits per heavy atom. The molecule has 0 fully saturated rings. The number of anilines is 1. The van der Waals surface area contributed by atoms with Crippen molar-refractivity contribution in [2.45, 2.75) is 25.9 Å². The Labute approximate surface area is 117 Å². The van der Waals surface area contributed by atoms with E-state index >= 15 is 0 Å². The quantitative estimate of drug-likeness (QED) is 0.667. The van der Waals surface area contributed by atoms with Gasteiger partial charge in [-0.25, -0.2) is 10.8 Å². The van der Waals surface area contributed by atoms with E-state index in [0.29, 0.717) is 6.04 Å². The summed E-state index contributed by atoms with van der Waals surface area (Å²) in [5.74, 6) is 6.12. The average Bonchev–Trinajstić information content (AvgIpc) is 2.91. The van der Waals surface area contributed by atoms with Gasteiger partial charge in [0, 0.05) is 30.2 Å². The summed E-state index contributed by atoms with van der Waals surface area (Å²) in [7, 11) is 0. The molecule has 5 heteroatoms. The van der Waals surface area contributed by atoms with Crippen LogP contribution in [0.4, 0.5) is 5.82 Å². The molecule has 1 aliphatic rings. The molecule has 19 heavy (non-hydrogen) atoms. The van der Waals surface area contributed by atoms with Gasteiger partial charge in [-0.05, 0) is 48.1 Å². The van der Waals surface area contributed by atoms with Gasteiger partial charge in [0.05, 0.1) is 0 Å². The van der Waals surface area contributed by atoms with Crippen molar-refractivity contribution in [3.05, 3.63) is 45.8 Å². The third-order valence-corrected chi connectivity index (χ3v) is 4.76. The molecule has 3 rings (SSSR count). The molecule has 0 aromatic carbocycles. The number of nitrogens with zero attached hydrogens (tertiary/aromatic N) is 2. The smallest absolute Gasteiger partial charge is 0.140 e. The number of hydrogen-bond donors (Lipinski definition) is 2. The number of nitrogens with one attached hydrogen (secondary N) is 1. The van der Waals surface area contributed by atoms with Crippen LogP contribution in [-0.2, 0) is 13.0 Å². The zero-order chi connectivity index (χ0) is 13.2. The summed E-state index contributed by atoms with van der Waals surface area (Å²) in [5, 5.41) is 2.20. The van der Waals surface area contributed by atoms with E-state index in [0.717, 1.165) is 25.3 Å². The second-order valence-electron chi connectivity index (χ2n) is 4.89. The number of thiophene rings is 1. The third kappa shape index (κ3) is 2.49. The fourth-order valence-corrected chi connectivity index (χ4v) is 3.63. The second-order valence-corrected chi connectivity index (χ2v) is 5.89. The Balaban J connectivity index is 1.77. The number of nitrogens with two attached hydrogens (primary N) is 1. The first-order valence-corrected chi connectivity index (χ1v) is 7.38. The minimum absolute atomic E-state index is 0.484. The summed E-state index contributed by atoms with van der Waals surface area (Å²) in [6.07, 6.45) is 2.96. The second kappa shape index (κ2) is 5.28. The molecule has 2 aromatic heterocycles. The zero-order valence-electron chi connectivity index (χ0n) is 11.0. The largest absolute Gasteiger partial charge is 0.308 e. The average molecular weight is 274 g/mol. The Morgan fingerprint density at radius 3 is 3.26 bits per heavy atom. The minimum atomic E-state index is 0.484. The van der Waals surface area contributed by atoms with E-state index in [9.17, 15) is 0 Å². The summed E-state index contributed by atoms with van der Waals surface area (Å²) >= 11 is 1.88. The highest BCUT2D eigenvalue weighted by Crippen LogP contribution is 2.33. The Hall–Kier alpha value is -1.43. The fourth-order valence-electron chi connectivity index (χ4n) is 2.66. The van der Waals surface area contributed by atoms with Gasteiger partial charge >= 0.3 is 0 Å². The molecule has 0 spiro atoms. The van der Waals surface area contributed by atoms with E-state index < -0.39 is 0 Å². The van der Waals surface area contributed by atoms with Crippen molar-refractivity contribution >= 4 is 17.2 Å². The van der Waals surface area contributed by atoms with Crippen LogP contribution in [0, 0.1) is 0 Å². The summed E-state index contributed by atoms with van der Waals surface area (Å²) in [6.45, 7) is 4.34. The summed E-state index contributed by atoms with van der Waals surface area (Å²) in [5.41, 5.74) is 5.33. The molecule has 1 aliphatic heterocycles. The van der Waals surface area contributed by atoms with Gasteiger partial charge in [0.15, 0.2) is 0 Å². The van der Waals surface area contributed by atoms with Crippen LogP contribution in [0.3, 0.4) is 0 Å². The van der Waals surface area contributed by atoms with Crippen LogP contribution in [0.5, 0.6) is 0 Å². The van der Waals surface area contributed by atoms with Crippen LogP contribution in [0.25, 0.3) is 0 Å². The number of nitrogen functional groups attached to an aromatic ring is 1. The van der Waals surface area contributed by atoms with Crippen LogP contribution < -0.4 is 11.3 Å². The van der Waals surface area contributed by atoms with Gasteiger partial charge in [-0.3, -0.25) is 4.90 Å². The van der Waals surface area contributed by atoms with Gasteiger partial charge in [0.1, 0.15) is 5.82 Å². The fraction of sp³-hybridized carbons (Fsp3) is 0.357. The molecule has 0 amide bonds. The molecule has 0 radical (unpaired) electrons. The van der Waals surface area contributed by atoms with Crippen molar-refractivity contribution in [2.24, 2.45) is 5.84 Å². The highest BCUT2D eigenvalue weighted by Gasteiger charge is 2.24. The van der Waals surface area contributed by atoms with Crippen LogP contribution in [-0.4, -0.2) is 16.4 Å². The van der Waals surface area contributed by atoms with Crippen molar-refractivity contribution < 1.29 is 0 Å². The maximum Gasteiger partial charge on any atom is 0.140 e. The molecule has 100 valence electrons. The summed E-state index contributed by atoms with van der Waals surface area (Å²) in [6, 6.07) is 6.81. The van der Waals surface area contributed by atoms with Crippen molar-refractivity contribution in [2.75, 3.05) is 12.0 Å². The normalized spacial score (nSPS) is 19.2. The molecule has 1 unspecified atom stereocenters. The predicted octanol–water partition coefficient (Wildman–Crippen LogP) is 2.55. The molecule has 3 heterocycles. The molecular weight excluding hydrogens is 256 g/mol. The van der Waals surface area contributed by atoms with Gasteiger partial charge in [-0.15, -0.1) is 11.3 Å². The highest BCUT2D eigenvalue weighted by atomic mass is 32.1. The first-order valence-electron chi connectivity index (χ1n) is 6.50. The summed E-state index contributed by atoms with van der Waals surface area (Å²) in [4.78, 5) is 8.19. The number of fused-ring (bicyclic) bond motifs is 1. The van der Waals surface area contributed by atoms with Gasteiger partial charge in [-0.2, -0.15) is 0 Å². The summed E-state index contributed by atoms with van der Waals surface area (Å²) < 4.78 is 0. The monoisotopic (exact) mass is 274 g/mol. The van der Waals surface area contributed by atoms with Gasteiger partial charge in [0.2, 0.25) is 0 Å². The number of hydrazine groups is 1. The minimum Gasteiger partial charge on any atom is -0.308 e. The number of hydrogen-bond acceptors (Lipinski definition) is 5. The van der Waals surface area contributed by atoms with E-state index in [-0.39, 0.29) is 0 Å². The Bertz CT molecular complexity index is 566. The van der Waals surface area contributed by atoms with E-state index in [1.807, 2.05) is 17.4 Å². The molecule has 0 aliphatic carbocycles. The first-order chi connectivity index (χ1) is 9.28. The molecular formula is C14H18N4S. The Morgan fingerprint density at radius 2 is 2.42 bits per heavy atom. The van der Waals surface area contributed by atoms with Crippen LogP contribution in [0.1, 0.15) is 29.0 Å². The lowest BCUT2D eigenvalue weighted by Gasteiger charge is -2.33. The SMILES string of the molecule is CC1c2ccsc2CCN1Cc1ccnc(NN)c1. The first kappa shape index (κ1) is 12.6. The zero-order valence-corrected chi connectivity index (χ0v) is 11.8. The van der Waals surface area contributed by atoms with E-state index in [4.69, 9.17) is 5.84 Å².